The Kier molecular flexibility index (Phi) is 10.5. The number of nitro benzene ring substituents is 2. The number of hydrogen-bond acceptors (Lipinski definition) is 15. The third-order valence-corrected chi connectivity index (χ3v) is 10.6. The minimum Gasteiger partial charge on any atom is -0.382 e. The van der Waals surface area contributed by atoms with Gasteiger partial charge in [0.1, 0.15) is 38.3 Å². The van der Waals surface area contributed by atoms with Crippen molar-refractivity contribution in [3.8, 4) is 0 Å². The normalized spacial score (nSPS) is 12.0. The van der Waals surface area contributed by atoms with Crippen LogP contribution in [0.2, 0.25) is 0 Å². The number of nitrogens with one attached hydrogen (secondary N) is 2. The van der Waals surface area contributed by atoms with E-state index in [1.54, 1.807) is 24.3 Å². The first-order valence-electron chi connectivity index (χ1n) is 16.2. The Balaban J connectivity index is 1.08. The largest absolute Gasteiger partial charge is 0.382 e. The third kappa shape index (κ3) is 7.67. The lowest BCUT2D eigenvalue weighted by molar-refractivity contribution is -0.385. The number of carbonyl (C=O) groups excluding carboxylic acids is 3. The van der Waals surface area contributed by atoms with Crippen LogP contribution < -0.4 is 22.1 Å². The Labute approximate surface area is 315 Å². The molecule has 6 N–H and O–H groups in total. The quantitative estimate of drug-likeness (QED) is 0.0468. The summed E-state index contributed by atoms with van der Waals surface area (Å²) in [5, 5.41) is 29.7. The van der Waals surface area contributed by atoms with Crippen molar-refractivity contribution in [3.05, 3.63) is 149 Å². The molecule has 2 aromatic heterocycles. The van der Waals surface area contributed by atoms with Crippen LogP contribution >= 0.6 is 22.7 Å². The maximum absolute atomic E-state index is 13.5. The summed E-state index contributed by atoms with van der Waals surface area (Å²) in [4.78, 5) is 69.9. The van der Waals surface area contributed by atoms with Gasteiger partial charge in [-0.3, -0.25) is 34.6 Å². The van der Waals surface area contributed by atoms with Crippen LogP contribution in [0.25, 0.3) is 0 Å². The van der Waals surface area contributed by atoms with Gasteiger partial charge in [-0.15, -0.1) is 0 Å². The number of nitro groups is 2. The Hall–Kier alpha value is -6.85. The van der Waals surface area contributed by atoms with E-state index < -0.39 is 33.2 Å². The fourth-order valence-electron chi connectivity index (χ4n) is 5.65. The standard InChI is InChI=1S/C37H30N8O7S2/c1-19(21-11-15-23(16-12-21)40-36-42-34(38)32(53-36)30(47)25-7-3-5-9-27(25)44(49)50)29(46)20(2)22-13-17-24(18-14-22)41-37-43-35(39)33(54-37)31(48)26-8-4-6-10-28(26)45(51)52/h3-20H,38-39H2,1-2H3,(H,40,42)(H,41,43). The van der Waals surface area contributed by atoms with Crippen LogP contribution in [0.4, 0.5) is 44.6 Å². The van der Waals surface area contributed by atoms with Crippen LogP contribution in [0.15, 0.2) is 97.1 Å². The van der Waals surface area contributed by atoms with Crippen molar-refractivity contribution in [3.63, 3.8) is 0 Å². The zero-order chi connectivity index (χ0) is 38.7. The average Bonchev–Trinajstić information content (AvgIpc) is 3.73. The number of aromatic nitrogens is 2. The van der Waals surface area contributed by atoms with Gasteiger partial charge in [0, 0.05) is 35.3 Å². The minimum absolute atomic E-state index is 0.00636. The van der Waals surface area contributed by atoms with Gasteiger partial charge in [0.2, 0.25) is 11.6 Å². The predicted molar refractivity (Wildman–Crippen MR) is 207 cm³/mol. The van der Waals surface area contributed by atoms with E-state index in [0.29, 0.717) is 21.6 Å². The maximum Gasteiger partial charge on any atom is 0.280 e. The second kappa shape index (κ2) is 15.4. The molecule has 6 rings (SSSR count). The summed E-state index contributed by atoms with van der Waals surface area (Å²) in [6.45, 7) is 3.66. The highest BCUT2D eigenvalue weighted by Crippen LogP contribution is 2.35. The van der Waals surface area contributed by atoms with Crippen molar-refractivity contribution in [2.24, 2.45) is 0 Å². The summed E-state index contributed by atoms with van der Waals surface area (Å²) in [5.41, 5.74) is 14.1. The second-order valence-electron chi connectivity index (χ2n) is 12.0. The monoisotopic (exact) mass is 762 g/mol. The highest BCUT2D eigenvalue weighted by atomic mass is 32.1. The van der Waals surface area contributed by atoms with Crippen LogP contribution in [0.3, 0.4) is 0 Å². The van der Waals surface area contributed by atoms with E-state index in [4.69, 9.17) is 11.5 Å². The molecule has 54 heavy (non-hydrogen) atoms. The lowest BCUT2D eigenvalue weighted by atomic mass is 9.86. The molecular formula is C37H30N8O7S2. The van der Waals surface area contributed by atoms with Crippen molar-refractivity contribution < 1.29 is 24.2 Å². The summed E-state index contributed by atoms with van der Waals surface area (Å²) in [7, 11) is 0. The topological polar surface area (TPSA) is 239 Å². The number of rotatable bonds is 14. The molecule has 17 heteroatoms. The number of thiazole rings is 2. The van der Waals surface area contributed by atoms with Crippen LogP contribution in [-0.2, 0) is 4.79 Å². The van der Waals surface area contributed by atoms with Crippen molar-refractivity contribution in [2.45, 2.75) is 25.7 Å². The fourth-order valence-corrected chi connectivity index (χ4v) is 7.37. The molecule has 272 valence electrons. The number of carbonyl (C=O) groups is 3. The van der Waals surface area contributed by atoms with Gasteiger partial charge in [-0.05, 0) is 47.5 Å². The van der Waals surface area contributed by atoms with Gasteiger partial charge < -0.3 is 22.1 Å². The van der Waals surface area contributed by atoms with Gasteiger partial charge >= 0.3 is 0 Å². The molecule has 6 aromatic rings. The van der Waals surface area contributed by atoms with Crippen LogP contribution in [-0.4, -0.2) is 37.2 Å². The SMILES string of the molecule is CC(C(=O)C(C)c1ccc(Nc2nc(N)c(C(=O)c3ccccc3[N+](=O)[O-])s2)cc1)c1ccc(Nc2nc(N)c(C(=O)c3ccccc3[N+](=O)[O-])s2)cc1. The number of nitrogens with two attached hydrogens (primary N) is 2. The molecule has 0 saturated heterocycles. The summed E-state index contributed by atoms with van der Waals surface area (Å²) in [5.74, 6) is -2.18. The van der Waals surface area contributed by atoms with Crippen molar-refractivity contribution >= 4 is 84.7 Å². The molecular weight excluding hydrogens is 733 g/mol. The number of hydrogen-bond donors (Lipinski definition) is 4. The number of nitrogens with zero attached hydrogens (tertiary/aromatic N) is 4. The molecule has 2 atom stereocenters. The first-order valence-corrected chi connectivity index (χ1v) is 17.8. The van der Waals surface area contributed by atoms with Gasteiger partial charge in [-0.2, -0.15) is 0 Å². The van der Waals surface area contributed by atoms with E-state index in [1.807, 2.05) is 38.1 Å². The molecule has 0 saturated carbocycles. The number of nitrogen functional groups attached to an aromatic ring is 2. The average molecular weight is 763 g/mol. The lowest BCUT2D eigenvalue weighted by Gasteiger charge is -2.18. The lowest BCUT2D eigenvalue weighted by Crippen LogP contribution is -2.16. The smallest absolute Gasteiger partial charge is 0.280 e. The Morgan fingerprint density at radius 3 is 1.31 bits per heavy atom. The first-order chi connectivity index (χ1) is 25.8. The summed E-state index contributed by atoms with van der Waals surface area (Å²) < 4.78 is 0. The number of ketones is 3. The predicted octanol–water partition coefficient (Wildman–Crippen LogP) is 8.01. The van der Waals surface area contributed by atoms with Gasteiger partial charge in [-0.1, -0.05) is 85.1 Å². The fraction of sp³-hybridized carbons (Fsp3) is 0.108. The molecule has 0 fully saturated rings. The summed E-state index contributed by atoms with van der Waals surface area (Å²) in [6.07, 6.45) is 0. The molecule has 0 amide bonds. The Morgan fingerprint density at radius 2 is 0.963 bits per heavy atom. The van der Waals surface area contributed by atoms with Crippen molar-refractivity contribution in [2.75, 3.05) is 22.1 Å². The van der Waals surface area contributed by atoms with Crippen molar-refractivity contribution in [1.29, 1.82) is 0 Å². The van der Waals surface area contributed by atoms with Gasteiger partial charge in [0.05, 0.1) is 9.85 Å². The highest BCUT2D eigenvalue weighted by Gasteiger charge is 2.27. The number of Topliss-reactive ketones (excluding diaryl/α,β-unsaturated/α-hetero) is 1. The summed E-state index contributed by atoms with van der Waals surface area (Å²) in [6, 6.07) is 25.6. The van der Waals surface area contributed by atoms with Gasteiger partial charge in [0.15, 0.2) is 10.3 Å². The molecule has 4 aromatic carbocycles. The zero-order valence-corrected chi connectivity index (χ0v) is 30.1. The van der Waals surface area contributed by atoms with E-state index in [-0.39, 0.29) is 49.7 Å². The number of benzene rings is 4. The van der Waals surface area contributed by atoms with E-state index in [9.17, 15) is 34.6 Å². The molecule has 0 radical (unpaired) electrons. The van der Waals surface area contributed by atoms with Crippen LogP contribution in [0, 0.1) is 20.2 Å². The number of para-hydroxylation sites is 2. The highest BCUT2D eigenvalue weighted by molar-refractivity contribution is 7.18. The third-order valence-electron chi connectivity index (χ3n) is 8.59. The zero-order valence-electron chi connectivity index (χ0n) is 28.5. The molecule has 2 unspecified atom stereocenters. The van der Waals surface area contributed by atoms with Crippen LogP contribution in [0.1, 0.15) is 67.3 Å². The van der Waals surface area contributed by atoms with E-state index in [2.05, 4.69) is 20.6 Å². The maximum atomic E-state index is 13.5. The Bertz CT molecular complexity index is 2260. The Morgan fingerprint density at radius 1 is 0.611 bits per heavy atom. The van der Waals surface area contributed by atoms with Gasteiger partial charge in [0.25, 0.3) is 11.4 Å². The molecule has 0 aliphatic rings. The minimum atomic E-state index is -0.622. The molecule has 2 heterocycles. The van der Waals surface area contributed by atoms with E-state index in [1.165, 1.54) is 48.5 Å². The molecule has 0 aliphatic heterocycles. The van der Waals surface area contributed by atoms with E-state index >= 15 is 0 Å². The first kappa shape index (κ1) is 36.9. The van der Waals surface area contributed by atoms with Gasteiger partial charge in [-0.25, -0.2) is 9.97 Å². The number of anilines is 6. The van der Waals surface area contributed by atoms with E-state index in [0.717, 1.165) is 33.8 Å². The second-order valence-corrected chi connectivity index (χ2v) is 14.0. The van der Waals surface area contributed by atoms with Crippen LogP contribution in [0.5, 0.6) is 0 Å². The molecule has 0 aliphatic carbocycles. The summed E-state index contributed by atoms with van der Waals surface area (Å²) >= 11 is 1.96. The molecule has 0 bridgehead atoms. The molecule has 0 spiro atoms. The van der Waals surface area contributed by atoms with Crippen molar-refractivity contribution in [1.82, 2.24) is 9.97 Å². The molecule has 15 nitrogen and oxygen atoms in total.